The Balaban J connectivity index is 1.64. The molecule has 2 aromatic carbocycles. The number of fused-ring (bicyclic) bond motifs is 1. The first-order chi connectivity index (χ1) is 15.3. The van der Waals surface area contributed by atoms with Crippen molar-refractivity contribution in [2.24, 2.45) is 0 Å². The summed E-state index contributed by atoms with van der Waals surface area (Å²) in [6, 6.07) is 15.4. The second kappa shape index (κ2) is 12.8. The van der Waals surface area contributed by atoms with Crippen LogP contribution in [0.1, 0.15) is 92.7 Å². The lowest BCUT2D eigenvalue weighted by Crippen LogP contribution is -2.19. The number of rotatable bonds is 13. The molecule has 0 saturated carbocycles. The van der Waals surface area contributed by atoms with E-state index in [0.717, 1.165) is 24.3 Å². The quantitative estimate of drug-likeness (QED) is 0.351. The van der Waals surface area contributed by atoms with Crippen molar-refractivity contribution in [1.29, 1.82) is 0 Å². The first-order valence-electron chi connectivity index (χ1n) is 12.2. The molecule has 1 aliphatic rings. The predicted molar refractivity (Wildman–Crippen MR) is 128 cm³/mol. The molecule has 2 aromatic rings. The number of hydrogen-bond acceptors (Lipinski definition) is 3. The van der Waals surface area contributed by atoms with Gasteiger partial charge in [0.25, 0.3) is 0 Å². The molecule has 0 saturated heterocycles. The molecule has 0 aliphatic heterocycles. The molecule has 0 spiro atoms. The molecular formula is C28H40O3. The van der Waals surface area contributed by atoms with Crippen LogP contribution in [-0.4, -0.2) is 25.9 Å². The average molecular weight is 425 g/mol. The minimum atomic E-state index is 0.337. The van der Waals surface area contributed by atoms with E-state index in [1.807, 2.05) is 6.07 Å². The summed E-state index contributed by atoms with van der Waals surface area (Å²) in [5.41, 5.74) is 4.39. The van der Waals surface area contributed by atoms with E-state index in [1.54, 1.807) is 14.2 Å². The molecular weight excluding hydrogens is 384 g/mol. The van der Waals surface area contributed by atoms with Gasteiger partial charge >= 0.3 is 0 Å². The Bertz CT molecular complexity index is 786. The highest BCUT2D eigenvalue weighted by Crippen LogP contribution is 2.46. The first-order valence-corrected chi connectivity index (χ1v) is 12.2. The first kappa shape index (κ1) is 23.7. The molecule has 3 rings (SSSR count). The molecule has 0 heterocycles. The number of methoxy groups -OCH3 is 2. The van der Waals surface area contributed by atoms with Crippen molar-refractivity contribution in [3.05, 3.63) is 59.2 Å². The fourth-order valence-corrected chi connectivity index (χ4v) is 5.18. The van der Waals surface area contributed by atoms with Crippen molar-refractivity contribution in [2.75, 3.05) is 20.8 Å². The van der Waals surface area contributed by atoms with Crippen LogP contribution in [0.2, 0.25) is 0 Å². The van der Waals surface area contributed by atoms with E-state index >= 15 is 0 Å². The van der Waals surface area contributed by atoms with Gasteiger partial charge in [0.1, 0.15) is 11.5 Å². The molecule has 31 heavy (non-hydrogen) atoms. The monoisotopic (exact) mass is 424 g/mol. The molecule has 0 bridgehead atoms. The highest BCUT2D eigenvalue weighted by Gasteiger charge is 2.30. The Labute approximate surface area is 188 Å². The van der Waals surface area contributed by atoms with Crippen LogP contribution in [0.4, 0.5) is 0 Å². The van der Waals surface area contributed by atoms with Gasteiger partial charge in [0.05, 0.1) is 14.2 Å². The molecule has 170 valence electrons. The van der Waals surface area contributed by atoms with Gasteiger partial charge in [-0.2, -0.15) is 0 Å². The number of aliphatic hydroxyl groups excluding tert-OH is 1. The predicted octanol–water partition coefficient (Wildman–Crippen LogP) is 7.02. The number of aryl methyl sites for hydroxylation is 1. The molecule has 3 heteroatoms. The second-order valence-corrected chi connectivity index (χ2v) is 8.93. The average Bonchev–Trinajstić information content (AvgIpc) is 2.82. The van der Waals surface area contributed by atoms with Gasteiger partial charge in [-0.15, -0.1) is 0 Å². The van der Waals surface area contributed by atoms with Gasteiger partial charge in [-0.1, -0.05) is 63.1 Å². The number of aliphatic hydroxyl groups is 1. The smallest absolute Gasteiger partial charge is 0.119 e. The van der Waals surface area contributed by atoms with Gasteiger partial charge < -0.3 is 14.6 Å². The summed E-state index contributed by atoms with van der Waals surface area (Å²) < 4.78 is 11.0. The molecule has 2 unspecified atom stereocenters. The third-order valence-corrected chi connectivity index (χ3v) is 6.91. The summed E-state index contributed by atoms with van der Waals surface area (Å²) in [6.45, 7) is 0.337. The minimum Gasteiger partial charge on any atom is -0.497 e. The lowest BCUT2D eigenvalue weighted by atomic mass is 9.70. The third-order valence-electron chi connectivity index (χ3n) is 6.91. The van der Waals surface area contributed by atoms with Gasteiger partial charge in [0.15, 0.2) is 0 Å². The van der Waals surface area contributed by atoms with E-state index in [4.69, 9.17) is 14.6 Å². The van der Waals surface area contributed by atoms with Crippen molar-refractivity contribution < 1.29 is 14.6 Å². The van der Waals surface area contributed by atoms with Gasteiger partial charge in [0.2, 0.25) is 0 Å². The largest absolute Gasteiger partial charge is 0.497 e. The van der Waals surface area contributed by atoms with E-state index in [-0.39, 0.29) is 0 Å². The molecule has 0 aromatic heterocycles. The topological polar surface area (TPSA) is 38.7 Å². The summed E-state index contributed by atoms with van der Waals surface area (Å²) in [5, 5.41) is 8.88. The van der Waals surface area contributed by atoms with Crippen molar-refractivity contribution in [3.8, 4) is 11.5 Å². The van der Waals surface area contributed by atoms with E-state index < -0.39 is 0 Å². The maximum Gasteiger partial charge on any atom is 0.119 e. The van der Waals surface area contributed by atoms with Crippen LogP contribution < -0.4 is 9.47 Å². The van der Waals surface area contributed by atoms with Crippen molar-refractivity contribution in [3.63, 3.8) is 0 Å². The maximum absolute atomic E-state index is 8.88. The Hall–Kier alpha value is -2.00. The number of hydrogen-bond donors (Lipinski definition) is 1. The zero-order valence-electron chi connectivity index (χ0n) is 19.4. The van der Waals surface area contributed by atoms with E-state index in [0.29, 0.717) is 18.4 Å². The summed E-state index contributed by atoms with van der Waals surface area (Å²) >= 11 is 0. The molecule has 0 fully saturated rings. The normalized spacial score (nSPS) is 17.9. The maximum atomic E-state index is 8.88. The fourth-order valence-electron chi connectivity index (χ4n) is 5.18. The standard InChI is InChI=1S/C28H40O3/c1-30-24-13-11-12-22(20-24)26-17-15-23-21-25(31-2)16-18-27(23)28(26)14-9-7-5-3-4-6-8-10-19-29/h11-13,16,18,20-21,26,28-29H,3-10,14-15,17,19H2,1-2H3. The lowest BCUT2D eigenvalue weighted by molar-refractivity contribution is 0.282. The number of ether oxygens (including phenoxy) is 2. The lowest BCUT2D eigenvalue weighted by Gasteiger charge is -2.34. The van der Waals surface area contributed by atoms with E-state index in [9.17, 15) is 0 Å². The molecule has 0 amide bonds. The van der Waals surface area contributed by atoms with Gasteiger partial charge in [-0.3, -0.25) is 0 Å². The third kappa shape index (κ3) is 6.74. The van der Waals surface area contributed by atoms with Crippen LogP contribution in [-0.2, 0) is 6.42 Å². The van der Waals surface area contributed by atoms with Crippen molar-refractivity contribution in [1.82, 2.24) is 0 Å². The van der Waals surface area contributed by atoms with Crippen LogP contribution in [0.5, 0.6) is 11.5 Å². The van der Waals surface area contributed by atoms with Crippen molar-refractivity contribution >= 4 is 0 Å². The van der Waals surface area contributed by atoms with Gasteiger partial charge in [0, 0.05) is 6.61 Å². The summed E-state index contributed by atoms with van der Waals surface area (Å²) in [4.78, 5) is 0. The Morgan fingerprint density at radius 1 is 0.806 bits per heavy atom. The van der Waals surface area contributed by atoms with Crippen LogP contribution in [0.3, 0.4) is 0 Å². The molecule has 1 N–H and O–H groups in total. The SMILES string of the molecule is COc1cccc(C2CCc3cc(OC)ccc3C2CCCCCCCCCCO)c1. The Morgan fingerprint density at radius 3 is 2.19 bits per heavy atom. The van der Waals surface area contributed by atoms with Crippen LogP contribution >= 0.6 is 0 Å². The molecule has 3 nitrogen and oxygen atoms in total. The summed E-state index contributed by atoms with van der Waals surface area (Å²) in [7, 11) is 3.51. The zero-order valence-corrected chi connectivity index (χ0v) is 19.4. The van der Waals surface area contributed by atoms with E-state index in [2.05, 4.69) is 36.4 Å². The van der Waals surface area contributed by atoms with Crippen molar-refractivity contribution in [2.45, 2.75) is 82.5 Å². The van der Waals surface area contributed by atoms with Crippen LogP contribution in [0, 0.1) is 0 Å². The molecule has 1 aliphatic carbocycles. The second-order valence-electron chi connectivity index (χ2n) is 8.93. The van der Waals surface area contributed by atoms with E-state index in [1.165, 1.54) is 74.5 Å². The molecule has 0 radical (unpaired) electrons. The van der Waals surface area contributed by atoms with Crippen LogP contribution in [0.25, 0.3) is 0 Å². The Kier molecular flexibility index (Phi) is 9.74. The highest BCUT2D eigenvalue weighted by molar-refractivity contribution is 5.43. The molecule has 2 atom stereocenters. The number of unbranched alkanes of at least 4 members (excludes halogenated alkanes) is 7. The Morgan fingerprint density at radius 2 is 1.48 bits per heavy atom. The summed E-state index contributed by atoms with van der Waals surface area (Å²) in [5.74, 6) is 3.04. The zero-order chi connectivity index (χ0) is 21.9. The van der Waals surface area contributed by atoms with Crippen LogP contribution in [0.15, 0.2) is 42.5 Å². The highest BCUT2D eigenvalue weighted by atomic mass is 16.5. The number of benzene rings is 2. The fraction of sp³-hybridized carbons (Fsp3) is 0.571. The summed E-state index contributed by atoms with van der Waals surface area (Å²) in [6.07, 6.45) is 13.5. The van der Waals surface area contributed by atoms with Gasteiger partial charge in [-0.25, -0.2) is 0 Å². The minimum absolute atomic E-state index is 0.337. The van der Waals surface area contributed by atoms with Gasteiger partial charge in [-0.05, 0) is 78.5 Å².